The number of aryl methyl sites for hydroxylation is 2. The number of piperidine rings is 1. The summed E-state index contributed by atoms with van der Waals surface area (Å²) in [5.74, 6) is 1.00. The normalized spacial score (nSPS) is 17.4. The topological polar surface area (TPSA) is 66.3 Å². The van der Waals surface area contributed by atoms with Gasteiger partial charge in [0.25, 0.3) is 0 Å². The molecule has 0 spiro atoms. The summed E-state index contributed by atoms with van der Waals surface area (Å²) in [5, 5.41) is 7.69. The van der Waals surface area contributed by atoms with E-state index in [1.165, 1.54) is 4.88 Å². The molecular formula is C17H26N6OS. The van der Waals surface area contributed by atoms with Gasteiger partial charge < -0.3 is 10.2 Å². The van der Waals surface area contributed by atoms with E-state index in [0.29, 0.717) is 0 Å². The second-order valence-electron chi connectivity index (χ2n) is 6.88. The summed E-state index contributed by atoms with van der Waals surface area (Å²) < 4.78 is 1.78. The van der Waals surface area contributed by atoms with Crippen molar-refractivity contribution in [3.05, 3.63) is 28.3 Å². The van der Waals surface area contributed by atoms with Gasteiger partial charge in [0.1, 0.15) is 11.4 Å². The van der Waals surface area contributed by atoms with Crippen molar-refractivity contribution in [2.24, 2.45) is 7.05 Å². The second kappa shape index (κ2) is 7.13. The fraction of sp³-hybridized carbons (Fsp3) is 0.588. The lowest BCUT2D eigenvalue weighted by atomic mass is 9.85. The van der Waals surface area contributed by atoms with Crippen molar-refractivity contribution in [1.29, 1.82) is 0 Å². The molecule has 3 rings (SSSR count). The highest BCUT2D eigenvalue weighted by molar-refractivity contribution is 7.09. The van der Waals surface area contributed by atoms with Crippen LogP contribution in [0.5, 0.6) is 0 Å². The molecule has 0 bridgehead atoms. The number of nitrogens with zero attached hydrogens (tertiary/aromatic N) is 5. The van der Waals surface area contributed by atoms with Gasteiger partial charge in [0, 0.05) is 51.7 Å². The van der Waals surface area contributed by atoms with E-state index in [1.807, 2.05) is 32.7 Å². The zero-order valence-corrected chi connectivity index (χ0v) is 16.1. The summed E-state index contributed by atoms with van der Waals surface area (Å²) in [7, 11) is 5.53. The Kier molecular flexibility index (Phi) is 5.10. The maximum Gasteiger partial charge on any atom is 0.247 e. The molecule has 1 amide bonds. The Hall–Kier alpha value is -1.93. The molecule has 2 aromatic heterocycles. The van der Waals surface area contributed by atoms with Crippen LogP contribution in [0, 0.1) is 6.92 Å². The minimum atomic E-state index is -0.573. The number of hydrogen-bond acceptors (Lipinski definition) is 6. The Morgan fingerprint density at radius 2 is 2.12 bits per heavy atom. The third-order valence-electron chi connectivity index (χ3n) is 4.93. The van der Waals surface area contributed by atoms with Crippen molar-refractivity contribution in [1.82, 2.24) is 24.6 Å². The summed E-state index contributed by atoms with van der Waals surface area (Å²) in [6.07, 6.45) is 3.29. The van der Waals surface area contributed by atoms with Crippen molar-refractivity contribution in [2.75, 3.05) is 32.5 Å². The van der Waals surface area contributed by atoms with Crippen LogP contribution in [0.2, 0.25) is 0 Å². The number of rotatable bonds is 5. The summed E-state index contributed by atoms with van der Waals surface area (Å²) in [6.45, 7) is 4.72. The number of hydrogen-bond donors (Lipinski definition) is 1. The van der Waals surface area contributed by atoms with E-state index in [9.17, 15) is 4.79 Å². The number of aromatic nitrogens is 3. The Bertz CT molecular complexity index is 729. The summed E-state index contributed by atoms with van der Waals surface area (Å²) >= 11 is 1.70. The molecule has 0 radical (unpaired) electrons. The fourth-order valence-corrected chi connectivity index (χ4v) is 4.15. The van der Waals surface area contributed by atoms with E-state index in [1.54, 1.807) is 27.1 Å². The standard InChI is InChI=1S/C17H26N6OS/c1-13-14(25-12-18-13)11-23-9-6-17(7-10-23,16(24)21(2)3)20-15-5-8-19-22(15)4/h5,8,12,20H,6-7,9-11H2,1-4H3. The van der Waals surface area contributed by atoms with Crippen LogP contribution in [0.3, 0.4) is 0 Å². The minimum Gasteiger partial charge on any atom is -0.356 e. The molecule has 2 aromatic rings. The number of anilines is 1. The molecule has 0 unspecified atom stereocenters. The van der Waals surface area contributed by atoms with E-state index in [4.69, 9.17) is 0 Å². The lowest BCUT2D eigenvalue weighted by Gasteiger charge is -2.42. The largest absolute Gasteiger partial charge is 0.356 e. The first-order valence-electron chi connectivity index (χ1n) is 8.50. The lowest BCUT2D eigenvalue weighted by Crippen LogP contribution is -2.58. The fourth-order valence-electron chi connectivity index (χ4n) is 3.34. The Labute approximate surface area is 152 Å². The molecular weight excluding hydrogens is 336 g/mol. The molecule has 1 saturated heterocycles. The van der Waals surface area contributed by atoms with Gasteiger partial charge in [0.2, 0.25) is 5.91 Å². The van der Waals surface area contributed by atoms with Crippen LogP contribution >= 0.6 is 11.3 Å². The maximum atomic E-state index is 12.9. The Balaban J connectivity index is 1.73. The van der Waals surface area contributed by atoms with Crippen molar-refractivity contribution < 1.29 is 4.79 Å². The van der Waals surface area contributed by atoms with E-state index < -0.39 is 5.54 Å². The highest BCUT2D eigenvalue weighted by Crippen LogP contribution is 2.30. The highest BCUT2D eigenvalue weighted by atomic mass is 32.1. The number of thiazole rings is 1. The van der Waals surface area contributed by atoms with Gasteiger partial charge in [-0.15, -0.1) is 11.3 Å². The van der Waals surface area contributed by atoms with E-state index >= 15 is 0 Å². The number of nitrogens with one attached hydrogen (secondary N) is 1. The summed E-state index contributed by atoms with van der Waals surface area (Å²) in [4.78, 5) is 22.7. The van der Waals surface area contributed by atoms with Crippen LogP contribution in [0.25, 0.3) is 0 Å². The molecule has 25 heavy (non-hydrogen) atoms. The van der Waals surface area contributed by atoms with E-state index in [-0.39, 0.29) is 5.91 Å². The smallest absolute Gasteiger partial charge is 0.247 e. The monoisotopic (exact) mass is 362 g/mol. The third-order valence-corrected chi connectivity index (χ3v) is 5.85. The molecule has 1 aliphatic rings. The first-order valence-corrected chi connectivity index (χ1v) is 9.38. The third kappa shape index (κ3) is 3.69. The lowest BCUT2D eigenvalue weighted by molar-refractivity contribution is -0.135. The van der Waals surface area contributed by atoms with Crippen LogP contribution in [0.4, 0.5) is 5.82 Å². The Morgan fingerprint density at radius 3 is 2.64 bits per heavy atom. The van der Waals surface area contributed by atoms with E-state index in [0.717, 1.165) is 44.0 Å². The zero-order valence-electron chi connectivity index (χ0n) is 15.3. The molecule has 7 nitrogen and oxygen atoms in total. The number of carbonyl (C=O) groups excluding carboxylic acids is 1. The molecule has 1 N–H and O–H groups in total. The molecule has 0 aliphatic carbocycles. The molecule has 0 aromatic carbocycles. The van der Waals surface area contributed by atoms with Gasteiger partial charge in [-0.1, -0.05) is 0 Å². The molecule has 0 atom stereocenters. The quantitative estimate of drug-likeness (QED) is 0.877. The van der Waals surface area contributed by atoms with Crippen LogP contribution in [-0.4, -0.2) is 63.2 Å². The average molecular weight is 363 g/mol. The van der Waals surface area contributed by atoms with Gasteiger partial charge in [0.05, 0.1) is 17.4 Å². The van der Waals surface area contributed by atoms with Gasteiger partial charge in [-0.05, 0) is 19.8 Å². The first kappa shape index (κ1) is 17.9. The van der Waals surface area contributed by atoms with Crippen molar-refractivity contribution in [3.63, 3.8) is 0 Å². The number of amides is 1. The molecule has 8 heteroatoms. The van der Waals surface area contributed by atoms with Gasteiger partial charge in [-0.2, -0.15) is 5.10 Å². The number of likely N-dealkylation sites (tertiary alicyclic amines) is 1. The zero-order chi connectivity index (χ0) is 18.0. The van der Waals surface area contributed by atoms with Gasteiger partial charge >= 0.3 is 0 Å². The SMILES string of the molecule is Cc1ncsc1CN1CCC(Nc2ccnn2C)(C(=O)N(C)C)CC1. The average Bonchev–Trinajstić information content (AvgIpc) is 3.17. The van der Waals surface area contributed by atoms with Gasteiger partial charge in [-0.25, -0.2) is 4.98 Å². The second-order valence-corrected chi connectivity index (χ2v) is 7.82. The minimum absolute atomic E-state index is 0.127. The number of carbonyl (C=O) groups is 1. The first-order chi connectivity index (χ1) is 11.9. The highest BCUT2D eigenvalue weighted by Gasteiger charge is 2.42. The number of likely N-dealkylation sites (N-methyl/N-ethyl adjacent to an activating group) is 1. The summed E-state index contributed by atoms with van der Waals surface area (Å²) in [5.41, 5.74) is 2.44. The van der Waals surface area contributed by atoms with Crippen molar-refractivity contribution >= 4 is 23.1 Å². The van der Waals surface area contributed by atoms with E-state index in [2.05, 4.69) is 27.2 Å². The summed E-state index contributed by atoms with van der Waals surface area (Å²) in [6, 6.07) is 1.91. The van der Waals surface area contributed by atoms with Crippen LogP contribution in [0.1, 0.15) is 23.4 Å². The predicted molar refractivity (Wildman–Crippen MR) is 99.6 cm³/mol. The molecule has 136 valence electrons. The van der Waals surface area contributed by atoms with Crippen LogP contribution < -0.4 is 5.32 Å². The maximum absolute atomic E-state index is 12.9. The molecule has 1 fully saturated rings. The molecule has 3 heterocycles. The van der Waals surface area contributed by atoms with Crippen molar-refractivity contribution in [2.45, 2.75) is 31.8 Å². The van der Waals surface area contributed by atoms with Crippen LogP contribution in [0.15, 0.2) is 17.8 Å². The molecule has 1 aliphatic heterocycles. The van der Waals surface area contributed by atoms with Crippen LogP contribution in [-0.2, 0) is 18.4 Å². The van der Waals surface area contributed by atoms with Gasteiger partial charge in [0.15, 0.2) is 0 Å². The predicted octanol–water partition coefficient (Wildman–Crippen LogP) is 1.72. The molecule has 0 saturated carbocycles. The van der Waals surface area contributed by atoms with Crippen molar-refractivity contribution in [3.8, 4) is 0 Å². The van der Waals surface area contributed by atoms with Gasteiger partial charge in [-0.3, -0.25) is 14.4 Å². The Morgan fingerprint density at radius 1 is 1.40 bits per heavy atom.